The zero-order chi connectivity index (χ0) is 13.2. The molecule has 1 nitrogen and oxygen atoms in total. The van der Waals surface area contributed by atoms with Crippen LogP contribution in [0.25, 0.3) is 0 Å². The van der Waals surface area contributed by atoms with Crippen LogP contribution in [0.5, 0.6) is 0 Å². The van der Waals surface area contributed by atoms with E-state index in [0.29, 0.717) is 5.92 Å². The highest BCUT2D eigenvalue weighted by Crippen LogP contribution is 2.17. The molecule has 18 heavy (non-hydrogen) atoms. The van der Waals surface area contributed by atoms with Crippen molar-refractivity contribution in [1.29, 1.82) is 0 Å². The Morgan fingerprint density at radius 2 is 1.94 bits per heavy atom. The van der Waals surface area contributed by atoms with Gasteiger partial charge in [-0.3, -0.25) is 0 Å². The van der Waals surface area contributed by atoms with Crippen LogP contribution in [-0.2, 0) is 6.42 Å². The topological polar surface area (TPSA) is 12.0 Å². The van der Waals surface area contributed by atoms with Gasteiger partial charge in [0.05, 0.1) is 0 Å². The molecular weight excluding hydrogens is 225 g/mol. The number of rotatable bonds is 9. The van der Waals surface area contributed by atoms with E-state index in [9.17, 15) is 4.39 Å². The lowest BCUT2D eigenvalue weighted by Gasteiger charge is -2.17. The van der Waals surface area contributed by atoms with Crippen LogP contribution in [0.15, 0.2) is 24.3 Å². The van der Waals surface area contributed by atoms with E-state index in [1.807, 2.05) is 12.1 Å². The molecule has 1 N–H and O–H groups in total. The molecule has 0 aliphatic carbocycles. The molecule has 0 fully saturated rings. The van der Waals surface area contributed by atoms with Crippen molar-refractivity contribution < 1.29 is 4.39 Å². The molecule has 0 saturated heterocycles. The van der Waals surface area contributed by atoms with Crippen molar-refractivity contribution in [3.8, 4) is 0 Å². The second-order valence-electron chi connectivity index (χ2n) is 5.01. The van der Waals surface area contributed by atoms with Crippen molar-refractivity contribution in [2.24, 2.45) is 5.92 Å². The minimum atomic E-state index is -0.0607. The maximum Gasteiger partial charge on any atom is 0.126 e. The van der Waals surface area contributed by atoms with Gasteiger partial charge in [0.1, 0.15) is 5.82 Å². The fraction of sp³-hybridized carbons (Fsp3) is 0.625. The zero-order valence-electron chi connectivity index (χ0n) is 11.7. The van der Waals surface area contributed by atoms with Gasteiger partial charge in [-0.15, -0.1) is 0 Å². The molecule has 0 amide bonds. The summed E-state index contributed by atoms with van der Waals surface area (Å²) < 4.78 is 13.6. The normalized spacial score (nSPS) is 12.6. The highest BCUT2D eigenvalue weighted by Gasteiger charge is 2.11. The Morgan fingerprint density at radius 3 is 2.61 bits per heavy atom. The minimum Gasteiger partial charge on any atom is -0.316 e. The number of benzene rings is 1. The number of halogens is 1. The number of hydrogen-bond acceptors (Lipinski definition) is 1. The van der Waals surface area contributed by atoms with E-state index in [1.54, 1.807) is 12.1 Å². The molecule has 1 atom stereocenters. The molecule has 0 aliphatic heterocycles. The molecule has 1 aromatic carbocycles. The first kappa shape index (κ1) is 15.2. The first-order valence-electron chi connectivity index (χ1n) is 7.22. The van der Waals surface area contributed by atoms with E-state index in [1.165, 1.54) is 19.3 Å². The van der Waals surface area contributed by atoms with Crippen molar-refractivity contribution in [2.75, 3.05) is 13.1 Å². The third kappa shape index (κ3) is 5.63. The van der Waals surface area contributed by atoms with Crippen LogP contribution < -0.4 is 5.32 Å². The molecule has 2 heteroatoms. The third-order valence-corrected chi connectivity index (χ3v) is 3.29. The van der Waals surface area contributed by atoms with Crippen molar-refractivity contribution in [2.45, 2.75) is 46.0 Å². The Balaban J connectivity index is 2.51. The smallest absolute Gasteiger partial charge is 0.126 e. The summed E-state index contributed by atoms with van der Waals surface area (Å²) in [6.07, 6.45) is 5.62. The molecular formula is C16H26FN. The monoisotopic (exact) mass is 251 g/mol. The van der Waals surface area contributed by atoms with Crippen molar-refractivity contribution in [3.63, 3.8) is 0 Å². The average Bonchev–Trinajstić information content (AvgIpc) is 2.38. The zero-order valence-corrected chi connectivity index (χ0v) is 11.7. The van der Waals surface area contributed by atoms with Gasteiger partial charge in [0, 0.05) is 0 Å². The predicted molar refractivity (Wildman–Crippen MR) is 76.3 cm³/mol. The van der Waals surface area contributed by atoms with Crippen LogP contribution in [0.3, 0.4) is 0 Å². The lowest BCUT2D eigenvalue weighted by atomic mass is 9.94. The van der Waals surface area contributed by atoms with Gasteiger partial charge >= 0.3 is 0 Å². The van der Waals surface area contributed by atoms with Crippen molar-refractivity contribution >= 4 is 0 Å². The molecule has 102 valence electrons. The minimum absolute atomic E-state index is 0.0607. The Morgan fingerprint density at radius 1 is 1.17 bits per heavy atom. The van der Waals surface area contributed by atoms with Gasteiger partial charge in [0.25, 0.3) is 0 Å². The Bertz CT molecular complexity index is 325. The SMILES string of the molecule is CCCCC(CNCCC)Cc1ccccc1F. The number of unbranched alkanes of at least 4 members (excludes halogenated alkanes) is 1. The molecule has 0 heterocycles. The first-order valence-corrected chi connectivity index (χ1v) is 7.22. The van der Waals surface area contributed by atoms with E-state index in [-0.39, 0.29) is 5.82 Å². The Kier molecular flexibility index (Phi) is 7.66. The fourth-order valence-corrected chi connectivity index (χ4v) is 2.23. The van der Waals surface area contributed by atoms with E-state index >= 15 is 0 Å². The average molecular weight is 251 g/mol. The number of hydrogen-bond donors (Lipinski definition) is 1. The molecule has 1 aromatic rings. The molecule has 0 aromatic heterocycles. The maximum atomic E-state index is 13.6. The lowest BCUT2D eigenvalue weighted by molar-refractivity contribution is 0.422. The molecule has 1 rings (SSSR count). The van der Waals surface area contributed by atoms with Gasteiger partial charge in [-0.1, -0.05) is 44.9 Å². The molecule has 0 saturated carbocycles. The number of nitrogens with one attached hydrogen (secondary N) is 1. The summed E-state index contributed by atoms with van der Waals surface area (Å²) in [6, 6.07) is 7.16. The van der Waals surface area contributed by atoms with Crippen LogP contribution >= 0.6 is 0 Å². The summed E-state index contributed by atoms with van der Waals surface area (Å²) in [4.78, 5) is 0. The lowest BCUT2D eigenvalue weighted by Crippen LogP contribution is -2.25. The summed E-state index contributed by atoms with van der Waals surface area (Å²) in [5, 5.41) is 3.46. The summed E-state index contributed by atoms with van der Waals surface area (Å²) in [5.41, 5.74) is 0.858. The van der Waals surface area contributed by atoms with Gasteiger partial charge < -0.3 is 5.32 Å². The van der Waals surface area contributed by atoms with Gasteiger partial charge in [-0.05, 0) is 49.9 Å². The Hall–Kier alpha value is -0.890. The maximum absolute atomic E-state index is 13.6. The van der Waals surface area contributed by atoms with Crippen LogP contribution in [0.4, 0.5) is 4.39 Å². The van der Waals surface area contributed by atoms with Crippen LogP contribution in [0.2, 0.25) is 0 Å². The summed E-state index contributed by atoms with van der Waals surface area (Å²) >= 11 is 0. The van der Waals surface area contributed by atoms with Crippen LogP contribution in [0.1, 0.15) is 45.1 Å². The van der Waals surface area contributed by atoms with Crippen molar-refractivity contribution in [3.05, 3.63) is 35.6 Å². The molecule has 0 spiro atoms. The first-order chi connectivity index (χ1) is 8.77. The molecule has 0 radical (unpaired) electrons. The van der Waals surface area contributed by atoms with E-state index in [4.69, 9.17) is 0 Å². The Labute approximate surface area is 111 Å². The highest BCUT2D eigenvalue weighted by molar-refractivity contribution is 5.17. The second kappa shape index (κ2) is 9.09. The summed E-state index contributed by atoms with van der Waals surface area (Å²) in [6.45, 7) is 6.44. The molecule has 0 bridgehead atoms. The standard InChI is InChI=1S/C16H26FN/c1-3-5-8-14(13-18-11-4-2)12-15-9-6-7-10-16(15)17/h6-7,9-10,14,18H,3-5,8,11-13H2,1-2H3. The van der Waals surface area contributed by atoms with E-state index in [0.717, 1.165) is 31.5 Å². The quantitative estimate of drug-likeness (QED) is 0.649. The molecule has 1 unspecified atom stereocenters. The summed E-state index contributed by atoms with van der Waals surface area (Å²) in [7, 11) is 0. The highest BCUT2D eigenvalue weighted by atomic mass is 19.1. The third-order valence-electron chi connectivity index (χ3n) is 3.29. The van der Waals surface area contributed by atoms with Crippen LogP contribution in [0, 0.1) is 11.7 Å². The predicted octanol–water partition coefficient (Wildman–Crippen LogP) is 4.17. The summed E-state index contributed by atoms with van der Waals surface area (Å²) in [5.74, 6) is 0.489. The van der Waals surface area contributed by atoms with E-state index in [2.05, 4.69) is 19.2 Å². The van der Waals surface area contributed by atoms with Gasteiger partial charge in [-0.25, -0.2) is 4.39 Å². The van der Waals surface area contributed by atoms with Gasteiger partial charge in [0.15, 0.2) is 0 Å². The van der Waals surface area contributed by atoms with Gasteiger partial charge in [-0.2, -0.15) is 0 Å². The second-order valence-corrected chi connectivity index (χ2v) is 5.01. The van der Waals surface area contributed by atoms with E-state index < -0.39 is 0 Å². The molecule has 0 aliphatic rings. The fourth-order valence-electron chi connectivity index (χ4n) is 2.23. The largest absolute Gasteiger partial charge is 0.316 e. The van der Waals surface area contributed by atoms with Crippen LogP contribution in [-0.4, -0.2) is 13.1 Å². The van der Waals surface area contributed by atoms with Crippen molar-refractivity contribution in [1.82, 2.24) is 5.32 Å². The van der Waals surface area contributed by atoms with Gasteiger partial charge in [0.2, 0.25) is 0 Å².